The molecule has 0 aliphatic heterocycles. The molecule has 0 aliphatic rings. The molecule has 0 spiro atoms. The Kier molecular flexibility index (Phi) is 8.79. The van der Waals surface area contributed by atoms with Crippen LogP contribution in [0.5, 0.6) is 0 Å². The first-order valence-corrected chi connectivity index (χ1v) is 13.6. The summed E-state index contributed by atoms with van der Waals surface area (Å²) in [7, 11) is 0. The molecule has 9 rings (SSSR count). The van der Waals surface area contributed by atoms with Crippen LogP contribution in [0, 0.1) is 41.7 Å². The van der Waals surface area contributed by atoms with Crippen LogP contribution in [-0.2, 0) is 0 Å². The van der Waals surface area contributed by atoms with Crippen LogP contribution in [-0.4, -0.2) is 29.9 Å². The van der Waals surface area contributed by atoms with Gasteiger partial charge in [0.15, 0.2) is 0 Å². The molecule has 0 radical (unpaired) electrons. The van der Waals surface area contributed by atoms with Gasteiger partial charge in [0.05, 0.1) is 33.1 Å². The Labute approximate surface area is 281 Å². The number of pyridine rings is 6. The molecule has 6 heterocycles. The van der Waals surface area contributed by atoms with Gasteiger partial charge in [-0.05, 0) is 36.4 Å². The third-order valence-corrected chi connectivity index (χ3v) is 7.03. The van der Waals surface area contributed by atoms with Gasteiger partial charge in [0.25, 0.3) is 0 Å². The summed E-state index contributed by atoms with van der Waals surface area (Å²) in [5, 5.41) is 6.83. The summed E-state index contributed by atoms with van der Waals surface area (Å²) in [5.41, 5.74) is 5.86. The van der Waals surface area contributed by atoms with Crippen LogP contribution < -0.4 is 0 Å². The summed E-state index contributed by atoms with van der Waals surface area (Å²) in [4.78, 5) is 26.1. The monoisotopic (exact) mass is 680 g/mol. The van der Waals surface area contributed by atoms with Gasteiger partial charge < -0.3 is 0 Å². The maximum Gasteiger partial charge on any atom is 0.0964 e. The van der Waals surface area contributed by atoms with Crippen molar-refractivity contribution in [1.29, 1.82) is 0 Å². The zero-order chi connectivity index (χ0) is 28.1. The van der Waals surface area contributed by atoms with E-state index in [0.29, 0.717) is 0 Å². The molecule has 9 aromatic rings. The van der Waals surface area contributed by atoms with Gasteiger partial charge in [0.1, 0.15) is 0 Å². The van der Waals surface area contributed by atoms with E-state index in [-0.39, 0.29) is 41.7 Å². The molecule has 0 bridgehead atoms. The normalized spacial score (nSPS) is 10.6. The Morgan fingerprint density at radius 1 is 0.233 bits per heavy atom. The average molecular weight is 681 g/mol. The van der Waals surface area contributed by atoms with Crippen molar-refractivity contribution in [3.63, 3.8) is 0 Å². The van der Waals surface area contributed by atoms with Gasteiger partial charge in [0.2, 0.25) is 0 Å². The number of benzene rings is 3. The van der Waals surface area contributed by atoms with Gasteiger partial charge in [-0.2, -0.15) is 0 Å². The van der Waals surface area contributed by atoms with Crippen LogP contribution in [0.1, 0.15) is 0 Å². The zero-order valence-electron chi connectivity index (χ0n) is 23.0. The Morgan fingerprint density at radius 2 is 0.395 bits per heavy atom. The fourth-order valence-corrected chi connectivity index (χ4v) is 5.04. The second-order valence-corrected chi connectivity index (χ2v) is 9.65. The van der Waals surface area contributed by atoms with Gasteiger partial charge in [-0.15, -0.1) is 0 Å². The van der Waals surface area contributed by atoms with Gasteiger partial charge >= 0.3 is 0 Å². The second kappa shape index (κ2) is 13.2. The first-order valence-electron chi connectivity index (χ1n) is 13.6. The predicted molar refractivity (Wildman–Crippen MR) is 171 cm³/mol. The Hall–Kier alpha value is -4.50. The molecule has 7 heteroatoms. The van der Waals surface area contributed by atoms with E-state index in [2.05, 4.69) is 103 Å². The fourth-order valence-electron chi connectivity index (χ4n) is 5.04. The first kappa shape index (κ1) is 28.6. The standard InChI is InChI=1S/3C12H8N2.Ce/c3*1-3-9-5-6-10-4-2-8-14-12(10)11(9)13-7-1;/h3*1-8H;. The molecule has 0 fully saturated rings. The first-order chi connectivity index (χ1) is 20.8. The SMILES string of the molecule is [Ce].c1cnc2c(c1)ccc1cccnc12.c1cnc2c(c1)ccc1cccnc12.c1cnc2c(c1)ccc1cccnc12. The molecule has 6 aromatic heterocycles. The van der Waals surface area contributed by atoms with E-state index < -0.39 is 0 Å². The Balaban J connectivity index is 0.000000113. The van der Waals surface area contributed by atoms with Crippen LogP contribution in [0.2, 0.25) is 0 Å². The van der Waals surface area contributed by atoms with Crippen molar-refractivity contribution in [3.05, 3.63) is 146 Å². The molecular formula is C36H24CeN6. The largest absolute Gasteiger partial charge is 0.254 e. The van der Waals surface area contributed by atoms with Crippen LogP contribution >= 0.6 is 0 Å². The summed E-state index contributed by atoms with van der Waals surface area (Å²) >= 11 is 0. The third kappa shape index (κ3) is 6.03. The Bertz CT molecular complexity index is 1910. The van der Waals surface area contributed by atoms with Gasteiger partial charge in [0, 0.05) is 111 Å². The summed E-state index contributed by atoms with van der Waals surface area (Å²) in [6.07, 6.45) is 10.8. The minimum absolute atomic E-state index is 0. The number of hydrogen-bond donors (Lipinski definition) is 0. The van der Waals surface area contributed by atoms with Crippen molar-refractivity contribution in [2.45, 2.75) is 0 Å². The average Bonchev–Trinajstić information content (AvgIpc) is 3.09. The molecule has 0 saturated carbocycles. The van der Waals surface area contributed by atoms with E-state index in [1.165, 1.54) is 0 Å². The van der Waals surface area contributed by atoms with E-state index in [9.17, 15) is 0 Å². The van der Waals surface area contributed by atoms with Gasteiger partial charge in [-0.3, -0.25) is 29.9 Å². The Morgan fingerprint density at radius 3 is 0.558 bits per heavy atom. The van der Waals surface area contributed by atoms with E-state index in [0.717, 1.165) is 65.4 Å². The molecule has 202 valence electrons. The molecule has 6 nitrogen and oxygen atoms in total. The number of hydrogen-bond acceptors (Lipinski definition) is 6. The van der Waals surface area contributed by atoms with Crippen LogP contribution in [0.3, 0.4) is 0 Å². The number of nitrogens with zero attached hydrogens (tertiary/aromatic N) is 6. The van der Waals surface area contributed by atoms with E-state index in [1.807, 2.05) is 36.4 Å². The third-order valence-electron chi connectivity index (χ3n) is 7.03. The van der Waals surface area contributed by atoms with E-state index in [4.69, 9.17) is 0 Å². The number of aromatic nitrogens is 6. The topological polar surface area (TPSA) is 77.3 Å². The summed E-state index contributed by atoms with van der Waals surface area (Å²) in [6.45, 7) is 0. The van der Waals surface area contributed by atoms with E-state index in [1.54, 1.807) is 37.2 Å². The second-order valence-electron chi connectivity index (χ2n) is 9.65. The molecule has 0 N–H and O–H groups in total. The van der Waals surface area contributed by atoms with Crippen LogP contribution in [0.25, 0.3) is 65.4 Å². The summed E-state index contributed by atoms with van der Waals surface area (Å²) in [6, 6.07) is 36.4. The molecule has 43 heavy (non-hydrogen) atoms. The van der Waals surface area contributed by atoms with Gasteiger partial charge in [-0.25, -0.2) is 0 Å². The maximum atomic E-state index is 4.35. The summed E-state index contributed by atoms with van der Waals surface area (Å²) in [5.74, 6) is 0. The molecular weight excluding hydrogens is 657 g/mol. The minimum Gasteiger partial charge on any atom is -0.254 e. The minimum atomic E-state index is 0. The van der Waals surface area contributed by atoms with Crippen molar-refractivity contribution in [1.82, 2.24) is 29.9 Å². The number of rotatable bonds is 0. The fraction of sp³-hybridized carbons (Fsp3) is 0. The maximum absolute atomic E-state index is 4.35. The molecule has 0 atom stereocenters. The van der Waals surface area contributed by atoms with Crippen molar-refractivity contribution in [3.8, 4) is 0 Å². The molecule has 0 aliphatic carbocycles. The number of fused-ring (bicyclic) bond motifs is 9. The molecule has 0 amide bonds. The van der Waals surface area contributed by atoms with Crippen molar-refractivity contribution < 1.29 is 41.7 Å². The smallest absolute Gasteiger partial charge is 0.0964 e. The van der Waals surface area contributed by atoms with Crippen molar-refractivity contribution >= 4 is 65.4 Å². The van der Waals surface area contributed by atoms with Crippen molar-refractivity contribution in [2.24, 2.45) is 0 Å². The van der Waals surface area contributed by atoms with Crippen molar-refractivity contribution in [2.75, 3.05) is 0 Å². The van der Waals surface area contributed by atoms with Gasteiger partial charge in [-0.1, -0.05) is 72.8 Å². The molecule has 3 aromatic carbocycles. The summed E-state index contributed by atoms with van der Waals surface area (Å²) < 4.78 is 0. The molecule has 0 unspecified atom stereocenters. The predicted octanol–water partition coefficient (Wildman–Crippen LogP) is 8.35. The zero-order valence-corrected chi connectivity index (χ0v) is 26.2. The van der Waals surface area contributed by atoms with E-state index >= 15 is 0 Å². The quantitative estimate of drug-likeness (QED) is 0.150. The van der Waals surface area contributed by atoms with Crippen LogP contribution in [0.15, 0.2) is 146 Å². The molecule has 0 saturated heterocycles. The van der Waals surface area contributed by atoms with Crippen LogP contribution in [0.4, 0.5) is 0 Å².